The Morgan fingerprint density at radius 3 is 2.57 bits per heavy atom. The summed E-state index contributed by atoms with van der Waals surface area (Å²) in [6.45, 7) is 7.41. The van der Waals surface area contributed by atoms with Crippen LogP contribution in [-0.2, 0) is 16.6 Å². The zero-order valence-electron chi connectivity index (χ0n) is 20.3. The number of rotatable bonds is 10. The lowest BCUT2D eigenvalue weighted by atomic mass is 9.99. The molecule has 7 nitrogen and oxygen atoms in total. The quantitative estimate of drug-likeness (QED) is 0.300. The van der Waals surface area contributed by atoms with Gasteiger partial charge in [-0.3, -0.25) is 4.72 Å². The Bertz CT molecular complexity index is 1400. The van der Waals surface area contributed by atoms with E-state index in [0.29, 0.717) is 17.8 Å². The summed E-state index contributed by atoms with van der Waals surface area (Å²) < 4.78 is 30.0. The van der Waals surface area contributed by atoms with E-state index in [1.807, 2.05) is 6.33 Å². The van der Waals surface area contributed by atoms with Gasteiger partial charge in [-0.2, -0.15) is 0 Å². The molecule has 0 amide bonds. The van der Waals surface area contributed by atoms with E-state index in [1.54, 1.807) is 54.6 Å². The molecular weight excluding hydrogens is 460 g/mol. The largest absolute Gasteiger partial charge is 0.387 e. The lowest BCUT2D eigenvalue weighted by Gasteiger charge is -2.28. The Balaban J connectivity index is 1.35. The van der Waals surface area contributed by atoms with Gasteiger partial charge in [-0.25, -0.2) is 13.4 Å². The van der Waals surface area contributed by atoms with E-state index in [4.69, 9.17) is 0 Å². The molecule has 0 fully saturated rings. The summed E-state index contributed by atoms with van der Waals surface area (Å²) in [7, 11) is -3.69. The lowest BCUT2D eigenvalue weighted by molar-refractivity contribution is 0.158. The minimum Gasteiger partial charge on any atom is -0.387 e. The molecule has 0 unspecified atom stereocenters. The zero-order chi connectivity index (χ0) is 25.1. The van der Waals surface area contributed by atoms with Crippen LogP contribution in [0.3, 0.4) is 0 Å². The minimum atomic E-state index is -3.69. The molecular formula is C27H32N4O3S. The molecule has 3 aromatic carbocycles. The number of β-amino-alcohol motifs (C(OH)–C–C–N with tert-alkyl or cyclic N) is 1. The molecule has 1 heterocycles. The number of aliphatic hydroxyl groups is 1. The molecule has 0 bridgehead atoms. The van der Waals surface area contributed by atoms with Crippen LogP contribution in [0, 0.1) is 6.92 Å². The van der Waals surface area contributed by atoms with Crippen LogP contribution < -0.4 is 10.0 Å². The Labute approximate surface area is 206 Å². The zero-order valence-corrected chi connectivity index (χ0v) is 21.1. The molecule has 0 radical (unpaired) electrons. The summed E-state index contributed by atoms with van der Waals surface area (Å²) >= 11 is 0. The molecule has 0 saturated heterocycles. The van der Waals surface area contributed by atoms with Crippen molar-refractivity contribution in [1.82, 2.24) is 14.9 Å². The highest BCUT2D eigenvalue weighted by molar-refractivity contribution is 7.92. The van der Waals surface area contributed by atoms with Gasteiger partial charge in [0.1, 0.15) is 0 Å². The number of fused-ring (bicyclic) bond motifs is 1. The fourth-order valence-electron chi connectivity index (χ4n) is 3.95. The van der Waals surface area contributed by atoms with Gasteiger partial charge in [-0.05, 0) is 74.7 Å². The van der Waals surface area contributed by atoms with Crippen molar-refractivity contribution in [3.05, 3.63) is 90.3 Å². The summed E-state index contributed by atoms with van der Waals surface area (Å²) in [5, 5.41) is 14.2. The highest BCUT2D eigenvalue weighted by Crippen LogP contribution is 2.22. The number of aryl methyl sites for hydroxylation is 2. The molecule has 0 spiro atoms. The third-order valence-electron chi connectivity index (χ3n) is 6.11. The number of hydrogen-bond acceptors (Lipinski definition) is 5. The second-order valence-electron chi connectivity index (χ2n) is 9.50. The first-order chi connectivity index (χ1) is 16.6. The van der Waals surface area contributed by atoms with Gasteiger partial charge in [0.05, 0.1) is 28.4 Å². The van der Waals surface area contributed by atoms with E-state index in [9.17, 15) is 13.5 Å². The summed E-state index contributed by atoms with van der Waals surface area (Å²) in [6.07, 6.45) is 1.93. The smallest absolute Gasteiger partial charge is 0.261 e. The van der Waals surface area contributed by atoms with Gasteiger partial charge in [0.25, 0.3) is 10.0 Å². The van der Waals surface area contributed by atoms with E-state index in [-0.39, 0.29) is 10.4 Å². The van der Waals surface area contributed by atoms with Crippen LogP contribution in [-0.4, -0.2) is 35.2 Å². The molecule has 35 heavy (non-hydrogen) atoms. The highest BCUT2D eigenvalue weighted by Gasteiger charge is 2.20. The van der Waals surface area contributed by atoms with Gasteiger partial charge in [-0.1, -0.05) is 36.4 Å². The molecule has 1 aromatic heterocycles. The fourth-order valence-corrected chi connectivity index (χ4v) is 5.02. The normalized spacial score (nSPS) is 13.1. The number of benzene rings is 3. The summed E-state index contributed by atoms with van der Waals surface area (Å²) in [5.74, 6) is 0. The number of anilines is 1. The average Bonchev–Trinajstić information content (AvgIpc) is 3.24. The fraction of sp³-hybridized carbons (Fsp3) is 0.296. The van der Waals surface area contributed by atoms with Crippen molar-refractivity contribution in [1.29, 1.82) is 0 Å². The first-order valence-electron chi connectivity index (χ1n) is 11.7. The number of nitrogens with one attached hydrogen (secondary N) is 2. The maximum atomic E-state index is 12.6. The SMILES string of the molecule is Cc1ccc2c(c1)ncn2CCC(C)(C)NC[C@H](O)c1cccc(NS(=O)(=O)c2ccccc2)c1. The highest BCUT2D eigenvalue weighted by atomic mass is 32.2. The number of hydrogen-bond donors (Lipinski definition) is 3. The van der Waals surface area contributed by atoms with E-state index >= 15 is 0 Å². The van der Waals surface area contributed by atoms with Crippen LogP contribution in [0.15, 0.2) is 84.0 Å². The van der Waals surface area contributed by atoms with Crippen LogP contribution >= 0.6 is 0 Å². The van der Waals surface area contributed by atoms with Gasteiger partial charge < -0.3 is 15.0 Å². The Morgan fingerprint density at radius 2 is 1.80 bits per heavy atom. The molecule has 4 rings (SSSR count). The summed E-state index contributed by atoms with van der Waals surface area (Å²) in [6, 6.07) is 21.3. The molecule has 184 valence electrons. The number of sulfonamides is 1. The van der Waals surface area contributed by atoms with E-state index in [1.165, 1.54) is 5.56 Å². The molecule has 8 heteroatoms. The Hall–Kier alpha value is -3.20. The number of nitrogens with zero attached hydrogens (tertiary/aromatic N) is 2. The summed E-state index contributed by atoms with van der Waals surface area (Å²) in [4.78, 5) is 4.69. The van der Waals surface area contributed by atoms with Gasteiger partial charge in [0, 0.05) is 24.3 Å². The van der Waals surface area contributed by atoms with Crippen LogP contribution in [0.2, 0.25) is 0 Å². The molecule has 0 aliphatic carbocycles. The van der Waals surface area contributed by atoms with Gasteiger partial charge in [-0.15, -0.1) is 0 Å². The number of aliphatic hydroxyl groups excluding tert-OH is 1. The van der Waals surface area contributed by atoms with Gasteiger partial charge in [0.2, 0.25) is 0 Å². The molecule has 4 aromatic rings. The van der Waals surface area contributed by atoms with Crippen molar-refractivity contribution in [2.24, 2.45) is 0 Å². The maximum absolute atomic E-state index is 12.6. The average molecular weight is 493 g/mol. The van der Waals surface area contributed by atoms with E-state index in [0.717, 1.165) is 24.0 Å². The van der Waals surface area contributed by atoms with Crippen LogP contribution in [0.25, 0.3) is 11.0 Å². The van der Waals surface area contributed by atoms with Crippen molar-refractivity contribution < 1.29 is 13.5 Å². The number of aromatic nitrogens is 2. The Morgan fingerprint density at radius 1 is 1.03 bits per heavy atom. The predicted molar refractivity (Wildman–Crippen MR) is 140 cm³/mol. The van der Waals surface area contributed by atoms with Gasteiger partial charge >= 0.3 is 0 Å². The molecule has 0 aliphatic rings. The maximum Gasteiger partial charge on any atom is 0.261 e. The van der Waals surface area contributed by atoms with Crippen molar-refractivity contribution >= 4 is 26.7 Å². The monoisotopic (exact) mass is 492 g/mol. The van der Waals surface area contributed by atoms with Crippen molar-refractivity contribution in [3.8, 4) is 0 Å². The van der Waals surface area contributed by atoms with E-state index in [2.05, 4.69) is 58.6 Å². The standard InChI is InChI=1S/C27H32N4O3S/c1-20-12-13-25-24(16-20)28-19-31(25)15-14-27(2,3)29-18-26(32)21-8-7-9-22(17-21)30-35(33,34)23-10-5-4-6-11-23/h4-13,16-17,19,26,29-30,32H,14-15,18H2,1-3H3/t26-/m0/s1. The third-order valence-corrected chi connectivity index (χ3v) is 7.50. The molecule has 0 aliphatic heterocycles. The second-order valence-corrected chi connectivity index (χ2v) is 11.2. The number of imidazole rings is 1. The molecule has 3 N–H and O–H groups in total. The molecule has 0 saturated carbocycles. The third kappa shape index (κ3) is 6.28. The van der Waals surface area contributed by atoms with Crippen molar-refractivity contribution in [2.45, 2.75) is 50.3 Å². The van der Waals surface area contributed by atoms with Crippen LogP contribution in [0.4, 0.5) is 5.69 Å². The topological polar surface area (TPSA) is 96.2 Å². The minimum absolute atomic E-state index is 0.190. The van der Waals surface area contributed by atoms with Crippen molar-refractivity contribution in [2.75, 3.05) is 11.3 Å². The van der Waals surface area contributed by atoms with Crippen LogP contribution in [0.5, 0.6) is 0 Å². The van der Waals surface area contributed by atoms with Crippen LogP contribution in [0.1, 0.15) is 37.5 Å². The first kappa shape index (κ1) is 24.9. The Kier molecular flexibility index (Phi) is 7.25. The predicted octanol–water partition coefficient (Wildman–Crippen LogP) is 4.64. The molecule has 1 atom stereocenters. The van der Waals surface area contributed by atoms with Gasteiger partial charge in [0.15, 0.2) is 0 Å². The summed E-state index contributed by atoms with van der Waals surface area (Å²) in [5.41, 5.74) is 4.12. The lowest BCUT2D eigenvalue weighted by Crippen LogP contribution is -2.42. The second kappa shape index (κ2) is 10.2. The first-order valence-corrected chi connectivity index (χ1v) is 13.1. The van der Waals surface area contributed by atoms with Crippen molar-refractivity contribution in [3.63, 3.8) is 0 Å². The van der Waals surface area contributed by atoms with E-state index < -0.39 is 16.1 Å².